The summed E-state index contributed by atoms with van der Waals surface area (Å²) in [6.07, 6.45) is 3.13. The van der Waals surface area contributed by atoms with Gasteiger partial charge in [0, 0.05) is 11.8 Å². The van der Waals surface area contributed by atoms with Crippen molar-refractivity contribution < 1.29 is 4.79 Å². The molecule has 0 amide bonds. The molecule has 2 aromatic rings. The van der Waals surface area contributed by atoms with Crippen molar-refractivity contribution in [2.75, 3.05) is 0 Å². The number of benzene rings is 1. The van der Waals surface area contributed by atoms with Crippen LogP contribution in [-0.2, 0) is 4.79 Å². The number of isocyanates is 1. The van der Waals surface area contributed by atoms with Crippen molar-refractivity contribution in [2.45, 2.75) is 0 Å². The minimum absolute atomic E-state index is 0.568. The molecular formula is C12H8N2O. The lowest BCUT2D eigenvalue weighted by molar-refractivity contribution is 0.565. The largest absolute Gasteiger partial charge is 0.256 e. The van der Waals surface area contributed by atoms with Crippen molar-refractivity contribution in [2.24, 2.45) is 4.99 Å². The smallest absolute Gasteiger partial charge is 0.240 e. The fraction of sp³-hybridized carbons (Fsp3) is 0. The number of hydrogen-bond donors (Lipinski definition) is 0. The SMILES string of the molecule is O=C=Nc1ccnc(-c2ccccc2)c1. The Hall–Kier alpha value is -2.25. The van der Waals surface area contributed by atoms with E-state index in [1.54, 1.807) is 18.3 Å². The molecule has 15 heavy (non-hydrogen) atoms. The van der Waals surface area contributed by atoms with Crippen LogP contribution < -0.4 is 0 Å². The Morgan fingerprint density at radius 1 is 1.13 bits per heavy atom. The Bertz CT molecular complexity index is 502. The van der Waals surface area contributed by atoms with Crippen molar-refractivity contribution in [1.29, 1.82) is 0 Å². The second-order valence-corrected chi connectivity index (χ2v) is 2.97. The Balaban J connectivity index is 2.46. The molecule has 1 aromatic carbocycles. The fourth-order valence-electron chi connectivity index (χ4n) is 1.31. The number of pyridine rings is 1. The zero-order valence-corrected chi connectivity index (χ0v) is 7.92. The van der Waals surface area contributed by atoms with Gasteiger partial charge in [-0.25, -0.2) is 4.79 Å². The number of nitrogens with zero attached hydrogens (tertiary/aromatic N) is 2. The van der Waals surface area contributed by atoms with Gasteiger partial charge in [0.25, 0.3) is 0 Å². The van der Waals surface area contributed by atoms with E-state index < -0.39 is 0 Å². The predicted octanol–water partition coefficient (Wildman–Crippen LogP) is 2.72. The van der Waals surface area contributed by atoms with Crippen LogP contribution in [0.2, 0.25) is 0 Å². The number of aliphatic imine (C=N–C) groups is 1. The highest BCUT2D eigenvalue weighted by atomic mass is 16.1. The highest BCUT2D eigenvalue weighted by molar-refractivity contribution is 5.63. The molecule has 0 aliphatic heterocycles. The van der Waals surface area contributed by atoms with E-state index in [2.05, 4.69) is 9.98 Å². The third-order valence-corrected chi connectivity index (χ3v) is 1.99. The summed E-state index contributed by atoms with van der Waals surface area (Å²) in [7, 11) is 0. The maximum Gasteiger partial charge on any atom is 0.240 e. The predicted molar refractivity (Wildman–Crippen MR) is 57.5 cm³/mol. The van der Waals surface area contributed by atoms with Gasteiger partial charge in [0.15, 0.2) is 0 Å². The van der Waals surface area contributed by atoms with Crippen molar-refractivity contribution in [3.63, 3.8) is 0 Å². The maximum atomic E-state index is 10.1. The van der Waals surface area contributed by atoms with E-state index in [-0.39, 0.29) is 0 Å². The summed E-state index contributed by atoms with van der Waals surface area (Å²) < 4.78 is 0. The minimum atomic E-state index is 0.568. The molecule has 1 aromatic heterocycles. The standard InChI is InChI=1S/C12H8N2O/c15-9-14-11-6-7-13-12(8-11)10-4-2-1-3-5-10/h1-8H. The third kappa shape index (κ3) is 2.16. The molecule has 72 valence electrons. The zero-order valence-electron chi connectivity index (χ0n) is 7.92. The van der Waals surface area contributed by atoms with Crippen LogP contribution >= 0.6 is 0 Å². The van der Waals surface area contributed by atoms with Gasteiger partial charge in [-0.05, 0) is 12.1 Å². The summed E-state index contributed by atoms with van der Waals surface area (Å²) in [5.74, 6) is 0. The number of carbonyl (C=O) groups excluding carboxylic acids is 1. The first-order chi connectivity index (χ1) is 7.40. The number of hydrogen-bond acceptors (Lipinski definition) is 3. The molecule has 0 aliphatic carbocycles. The summed E-state index contributed by atoms with van der Waals surface area (Å²) in [6, 6.07) is 13.1. The van der Waals surface area contributed by atoms with E-state index in [1.165, 1.54) is 6.08 Å². The van der Waals surface area contributed by atoms with Crippen LogP contribution in [0.5, 0.6) is 0 Å². The van der Waals surface area contributed by atoms with Crippen molar-refractivity contribution in [3.05, 3.63) is 48.7 Å². The molecular weight excluding hydrogens is 188 g/mol. The van der Waals surface area contributed by atoms with Crippen LogP contribution in [-0.4, -0.2) is 11.1 Å². The van der Waals surface area contributed by atoms with Gasteiger partial charge < -0.3 is 0 Å². The van der Waals surface area contributed by atoms with Gasteiger partial charge in [0.05, 0.1) is 11.4 Å². The van der Waals surface area contributed by atoms with Gasteiger partial charge in [-0.2, -0.15) is 4.99 Å². The molecule has 0 radical (unpaired) electrons. The summed E-state index contributed by atoms with van der Waals surface area (Å²) >= 11 is 0. The van der Waals surface area contributed by atoms with Crippen LogP contribution in [0, 0.1) is 0 Å². The zero-order chi connectivity index (χ0) is 10.5. The summed E-state index contributed by atoms with van der Waals surface area (Å²) in [4.78, 5) is 17.9. The van der Waals surface area contributed by atoms with Crippen molar-refractivity contribution >= 4 is 11.8 Å². The molecule has 1 heterocycles. The molecule has 2 rings (SSSR count). The number of rotatable bonds is 2. The molecule has 0 saturated carbocycles. The first-order valence-electron chi connectivity index (χ1n) is 4.49. The fourth-order valence-corrected chi connectivity index (χ4v) is 1.31. The molecule has 0 fully saturated rings. The molecule has 3 nitrogen and oxygen atoms in total. The summed E-state index contributed by atoms with van der Waals surface area (Å²) in [5.41, 5.74) is 2.37. The van der Waals surface area contributed by atoms with Gasteiger partial charge in [0.1, 0.15) is 0 Å². The molecule has 0 bridgehead atoms. The first kappa shape index (κ1) is 9.31. The Morgan fingerprint density at radius 3 is 2.67 bits per heavy atom. The van der Waals surface area contributed by atoms with E-state index in [4.69, 9.17) is 0 Å². The second kappa shape index (κ2) is 4.31. The van der Waals surface area contributed by atoms with Gasteiger partial charge in [-0.1, -0.05) is 30.3 Å². The van der Waals surface area contributed by atoms with Gasteiger partial charge in [0.2, 0.25) is 6.08 Å². The molecule has 0 aliphatic rings. The average Bonchev–Trinajstić information content (AvgIpc) is 2.31. The van der Waals surface area contributed by atoms with Crippen LogP contribution in [0.15, 0.2) is 53.7 Å². The summed E-state index contributed by atoms with van der Waals surface area (Å²) in [5, 5.41) is 0. The van der Waals surface area contributed by atoms with E-state index in [9.17, 15) is 4.79 Å². The van der Waals surface area contributed by atoms with Crippen LogP contribution in [0.4, 0.5) is 5.69 Å². The molecule has 0 unspecified atom stereocenters. The topological polar surface area (TPSA) is 42.3 Å². The molecule has 3 heteroatoms. The normalized spacial score (nSPS) is 9.33. The van der Waals surface area contributed by atoms with E-state index in [0.29, 0.717) is 5.69 Å². The monoisotopic (exact) mass is 196 g/mol. The highest BCUT2D eigenvalue weighted by Gasteiger charge is 1.98. The Kier molecular flexibility index (Phi) is 2.68. The van der Waals surface area contributed by atoms with E-state index in [1.807, 2.05) is 30.3 Å². The average molecular weight is 196 g/mol. The quantitative estimate of drug-likeness (QED) is 0.547. The maximum absolute atomic E-state index is 10.1. The van der Waals surface area contributed by atoms with Crippen molar-refractivity contribution in [3.8, 4) is 11.3 Å². The van der Waals surface area contributed by atoms with Crippen LogP contribution in [0.3, 0.4) is 0 Å². The third-order valence-electron chi connectivity index (χ3n) is 1.99. The lowest BCUT2D eigenvalue weighted by Gasteiger charge is -1.99. The van der Waals surface area contributed by atoms with E-state index >= 15 is 0 Å². The van der Waals surface area contributed by atoms with E-state index in [0.717, 1.165) is 11.3 Å². The van der Waals surface area contributed by atoms with Crippen LogP contribution in [0.25, 0.3) is 11.3 Å². The molecule has 0 saturated heterocycles. The molecule has 0 atom stereocenters. The van der Waals surface area contributed by atoms with Gasteiger partial charge >= 0.3 is 0 Å². The highest BCUT2D eigenvalue weighted by Crippen LogP contribution is 2.20. The Labute approximate surface area is 87.1 Å². The summed E-state index contributed by atoms with van der Waals surface area (Å²) in [6.45, 7) is 0. The molecule has 0 spiro atoms. The lowest BCUT2D eigenvalue weighted by atomic mass is 10.1. The molecule has 0 N–H and O–H groups in total. The van der Waals surface area contributed by atoms with Gasteiger partial charge in [-0.15, -0.1) is 0 Å². The lowest BCUT2D eigenvalue weighted by Crippen LogP contribution is -1.81. The van der Waals surface area contributed by atoms with Crippen LogP contribution in [0.1, 0.15) is 0 Å². The van der Waals surface area contributed by atoms with Crippen molar-refractivity contribution in [1.82, 2.24) is 4.98 Å². The minimum Gasteiger partial charge on any atom is -0.256 e. The second-order valence-electron chi connectivity index (χ2n) is 2.97. The van der Waals surface area contributed by atoms with Gasteiger partial charge in [-0.3, -0.25) is 4.98 Å². The first-order valence-corrected chi connectivity index (χ1v) is 4.49. The Morgan fingerprint density at radius 2 is 1.93 bits per heavy atom. The number of aromatic nitrogens is 1.